The van der Waals surface area contributed by atoms with Gasteiger partial charge in [0.15, 0.2) is 0 Å². The molecule has 0 aliphatic heterocycles. The average molecular weight is 255 g/mol. The largest absolute Gasteiger partial charge is 0.0654 e. The molecule has 0 rings (SSSR count). The molecule has 0 nitrogen and oxygen atoms in total. The van der Waals surface area contributed by atoms with Crippen LogP contribution in [-0.4, -0.2) is 0 Å². The van der Waals surface area contributed by atoms with Gasteiger partial charge in [-0.1, -0.05) is 74.1 Å². The first kappa shape index (κ1) is 18.0. The molecule has 0 aromatic heterocycles. The van der Waals surface area contributed by atoms with E-state index in [1.165, 1.54) is 44.9 Å². The predicted octanol–water partition coefficient (Wildman–Crippen LogP) is 6.69. The van der Waals surface area contributed by atoms with Crippen LogP contribution in [0.15, 0.2) is 0 Å². The molecule has 0 saturated carbocycles. The van der Waals surface area contributed by atoms with E-state index in [1.807, 2.05) is 0 Å². The van der Waals surface area contributed by atoms with Crippen LogP contribution in [0, 0.1) is 23.2 Å². The molecule has 0 radical (unpaired) electrons. The van der Waals surface area contributed by atoms with Gasteiger partial charge in [0.25, 0.3) is 0 Å². The summed E-state index contributed by atoms with van der Waals surface area (Å²) in [5.74, 6) is 2.72. The van der Waals surface area contributed by atoms with Crippen LogP contribution < -0.4 is 0 Å². The maximum atomic E-state index is 2.46. The lowest BCUT2D eigenvalue weighted by Crippen LogP contribution is -2.16. The number of rotatable bonds is 10. The van der Waals surface area contributed by atoms with E-state index in [0.29, 0.717) is 5.41 Å². The van der Waals surface area contributed by atoms with Crippen LogP contribution in [0.3, 0.4) is 0 Å². The lowest BCUT2D eigenvalue weighted by molar-refractivity contribution is 0.233. The minimum atomic E-state index is 0.550. The van der Waals surface area contributed by atoms with Gasteiger partial charge in [0, 0.05) is 0 Å². The molecule has 110 valence electrons. The minimum absolute atomic E-state index is 0.550. The molecule has 0 spiro atoms. The lowest BCUT2D eigenvalue weighted by Gasteiger charge is -2.28. The van der Waals surface area contributed by atoms with E-state index in [4.69, 9.17) is 0 Å². The van der Waals surface area contributed by atoms with Crippen molar-refractivity contribution in [2.75, 3.05) is 0 Å². The zero-order valence-corrected chi connectivity index (χ0v) is 14.2. The monoisotopic (exact) mass is 254 g/mol. The topological polar surface area (TPSA) is 0 Å². The predicted molar refractivity (Wildman–Crippen MR) is 84.9 cm³/mol. The number of hydrogen-bond donors (Lipinski definition) is 0. The zero-order valence-electron chi connectivity index (χ0n) is 14.2. The Kier molecular flexibility index (Phi) is 8.99. The fraction of sp³-hybridized carbons (Fsp3) is 1.00. The van der Waals surface area contributed by atoms with Gasteiger partial charge in [-0.2, -0.15) is 0 Å². The molecule has 0 aliphatic rings. The maximum absolute atomic E-state index is 2.46. The summed E-state index contributed by atoms with van der Waals surface area (Å²) >= 11 is 0. The second-order valence-electron chi connectivity index (χ2n) is 7.70. The van der Waals surface area contributed by atoms with Crippen molar-refractivity contribution in [3.63, 3.8) is 0 Å². The van der Waals surface area contributed by atoms with E-state index in [1.54, 1.807) is 0 Å². The van der Waals surface area contributed by atoms with Crippen molar-refractivity contribution in [3.05, 3.63) is 0 Å². The lowest BCUT2D eigenvalue weighted by atomic mass is 9.77. The summed E-state index contributed by atoms with van der Waals surface area (Å²) in [5.41, 5.74) is 0.550. The van der Waals surface area contributed by atoms with E-state index in [0.717, 1.165) is 17.8 Å². The van der Waals surface area contributed by atoms with Gasteiger partial charge in [-0.15, -0.1) is 0 Å². The van der Waals surface area contributed by atoms with Crippen molar-refractivity contribution in [1.82, 2.24) is 0 Å². The van der Waals surface area contributed by atoms with Gasteiger partial charge >= 0.3 is 0 Å². The molecule has 0 aromatic rings. The Hall–Kier alpha value is 0. The third-order valence-electron chi connectivity index (χ3n) is 4.28. The Balaban J connectivity index is 3.97. The highest BCUT2D eigenvalue weighted by Gasteiger charge is 2.20. The highest BCUT2D eigenvalue weighted by molar-refractivity contribution is 4.72. The smallest absolute Gasteiger partial charge is 0.0352 e. The molecule has 0 amide bonds. The molecule has 0 aromatic carbocycles. The molecule has 0 aliphatic carbocycles. The average Bonchev–Trinajstić information content (AvgIpc) is 2.22. The first-order valence-corrected chi connectivity index (χ1v) is 8.30. The van der Waals surface area contributed by atoms with Gasteiger partial charge in [0.2, 0.25) is 0 Å². The number of hydrogen-bond acceptors (Lipinski definition) is 0. The summed E-state index contributed by atoms with van der Waals surface area (Å²) in [6.07, 6.45) is 9.76. The first-order chi connectivity index (χ1) is 8.30. The first-order valence-electron chi connectivity index (χ1n) is 8.30. The normalized spacial score (nSPS) is 16.0. The standard InChI is InChI=1S/C18H38/c1-8-12-18(6,7)14-16(5)10-11-17(9-2)13-15(3)4/h15-17H,8-14H2,1-7H3. The molecular weight excluding hydrogens is 216 g/mol. The van der Waals surface area contributed by atoms with E-state index in [9.17, 15) is 0 Å². The third kappa shape index (κ3) is 9.00. The van der Waals surface area contributed by atoms with E-state index < -0.39 is 0 Å². The van der Waals surface area contributed by atoms with Crippen LogP contribution in [0.1, 0.15) is 93.4 Å². The van der Waals surface area contributed by atoms with Gasteiger partial charge < -0.3 is 0 Å². The molecule has 0 N–H and O–H groups in total. The van der Waals surface area contributed by atoms with Crippen LogP contribution in [0.2, 0.25) is 0 Å². The molecular formula is C18H38. The van der Waals surface area contributed by atoms with E-state index >= 15 is 0 Å². The molecule has 0 saturated heterocycles. The third-order valence-corrected chi connectivity index (χ3v) is 4.28. The van der Waals surface area contributed by atoms with E-state index in [-0.39, 0.29) is 0 Å². The fourth-order valence-corrected chi connectivity index (χ4v) is 3.50. The molecule has 0 bridgehead atoms. The van der Waals surface area contributed by atoms with Gasteiger partial charge in [0.05, 0.1) is 0 Å². The second-order valence-corrected chi connectivity index (χ2v) is 7.70. The van der Waals surface area contributed by atoms with Gasteiger partial charge in [0.1, 0.15) is 0 Å². The molecule has 2 unspecified atom stereocenters. The Labute approximate surface area is 117 Å². The van der Waals surface area contributed by atoms with Crippen molar-refractivity contribution in [1.29, 1.82) is 0 Å². The Bertz CT molecular complexity index is 190. The van der Waals surface area contributed by atoms with Crippen LogP contribution >= 0.6 is 0 Å². The van der Waals surface area contributed by atoms with Crippen molar-refractivity contribution in [2.24, 2.45) is 23.2 Å². The van der Waals surface area contributed by atoms with Gasteiger partial charge in [-0.3, -0.25) is 0 Å². The van der Waals surface area contributed by atoms with Crippen molar-refractivity contribution >= 4 is 0 Å². The summed E-state index contributed by atoms with van der Waals surface area (Å²) < 4.78 is 0. The molecule has 0 fully saturated rings. The molecule has 18 heavy (non-hydrogen) atoms. The van der Waals surface area contributed by atoms with Crippen molar-refractivity contribution in [2.45, 2.75) is 93.4 Å². The maximum Gasteiger partial charge on any atom is -0.0352 e. The fourth-order valence-electron chi connectivity index (χ4n) is 3.50. The minimum Gasteiger partial charge on any atom is -0.0654 e. The highest BCUT2D eigenvalue weighted by atomic mass is 14.3. The Morgan fingerprint density at radius 2 is 1.56 bits per heavy atom. The zero-order chi connectivity index (χ0) is 14.2. The van der Waals surface area contributed by atoms with Crippen LogP contribution in [0.5, 0.6) is 0 Å². The quantitative estimate of drug-likeness (QED) is 0.407. The summed E-state index contributed by atoms with van der Waals surface area (Å²) in [6, 6.07) is 0. The van der Waals surface area contributed by atoms with Crippen LogP contribution in [0.4, 0.5) is 0 Å². The summed E-state index contributed by atoms with van der Waals surface area (Å²) in [6.45, 7) is 16.7. The molecule has 0 heterocycles. The summed E-state index contributed by atoms with van der Waals surface area (Å²) in [5, 5.41) is 0. The SMILES string of the molecule is CCCC(C)(C)CC(C)CCC(CC)CC(C)C. The van der Waals surface area contributed by atoms with Crippen molar-refractivity contribution in [3.8, 4) is 0 Å². The highest BCUT2D eigenvalue weighted by Crippen LogP contribution is 2.33. The van der Waals surface area contributed by atoms with Crippen LogP contribution in [0.25, 0.3) is 0 Å². The van der Waals surface area contributed by atoms with Crippen molar-refractivity contribution < 1.29 is 0 Å². The Morgan fingerprint density at radius 1 is 0.944 bits per heavy atom. The Morgan fingerprint density at radius 3 is 2.00 bits per heavy atom. The molecule has 0 heteroatoms. The summed E-state index contributed by atoms with van der Waals surface area (Å²) in [7, 11) is 0. The second kappa shape index (κ2) is 8.99. The van der Waals surface area contributed by atoms with Gasteiger partial charge in [-0.25, -0.2) is 0 Å². The van der Waals surface area contributed by atoms with E-state index in [2.05, 4.69) is 48.5 Å². The molecule has 2 atom stereocenters. The van der Waals surface area contributed by atoms with Crippen LogP contribution in [-0.2, 0) is 0 Å². The summed E-state index contributed by atoms with van der Waals surface area (Å²) in [4.78, 5) is 0. The van der Waals surface area contributed by atoms with Gasteiger partial charge in [-0.05, 0) is 42.4 Å².